The fourth-order valence-corrected chi connectivity index (χ4v) is 3.72. The van der Waals surface area contributed by atoms with Gasteiger partial charge in [0.05, 0.1) is 12.4 Å². The van der Waals surface area contributed by atoms with Crippen molar-refractivity contribution in [3.8, 4) is 0 Å². The first kappa shape index (κ1) is 26.3. The van der Waals surface area contributed by atoms with Crippen LogP contribution in [0.1, 0.15) is 52.7 Å². The van der Waals surface area contributed by atoms with Crippen LogP contribution in [0.25, 0.3) is 0 Å². The minimum atomic E-state index is -1.13. The Morgan fingerprint density at radius 3 is 2.33 bits per heavy atom. The van der Waals surface area contributed by atoms with Gasteiger partial charge in [-0.3, -0.25) is 14.4 Å². The molecule has 3 amide bonds. The SMILES string of the molecule is CCC(C)C(NC(=O)C(NC(=O)C(Cc1cnc[nH]1)NC(=O)C1CCCN1)C(C)C)C(=O)O. The molecule has 1 aliphatic heterocycles. The maximum Gasteiger partial charge on any atom is 0.326 e. The monoisotopic (exact) mass is 464 g/mol. The zero-order valence-corrected chi connectivity index (χ0v) is 19.7. The zero-order chi connectivity index (χ0) is 24.5. The number of carbonyl (C=O) groups is 4. The van der Waals surface area contributed by atoms with Crippen LogP contribution >= 0.6 is 0 Å². The summed E-state index contributed by atoms with van der Waals surface area (Å²) in [7, 11) is 0. The summed E-state index contributed by atoms with van der Waals surface area (Å²) in [4.78, 5) is 57.2. The van der Waals surface area contributed by atoms with Crippen LogP contribution in [0.2, 0.25) is 0 Å². The van der Waals surface area contributed by atoms with Crippen molar-refractivity contribution in [2.75, 3.05) is 6.54 Å². The van der Waals surface area contributed by atoms with Gasteiger partial charge in [0.2, 0.25) is 17.7 Å². The summed E-state index contributed by atoms with van der Waals surface area (Å²) in [6.45, 7) is 7.85. The van der Waals surface area contributed by atoms with Crippen LogP contribution < -0.4 is 21.3 Å². The first-order valence-electron chi connectivity index (χ1n) is 11.5. The number of aromatic amines is 1. The Bertz CT molecular complexity index is 806. The van der Waals surface area contributed by atoms with Gasteiger partial charge < -0.3 is 31.4 Å². The topological polar surface area (TPSA) is 165 Å². The summed E-state index contributed by atoms with van der Waals surface area (Å²) in [5.74, 6) is -3.09. The van der Waals surface area contributed by atoms with E-state index in [0.29, 0.717) is 18.5 Å². The Labute approximate surface area is 193 Å². The van der Waals surface area contributed by atoms with E-state index in [-0.39, 0.29) is 30.2 Å². The first-order valence-corrected chi connectivity index (χ1v) is 11.5. The molecule has 6 N–H and O–H groups in total. The first-order chi connectivity index (χ1) is 15.6. The standard InChI is InChI=1S/C22H36N6O5/c1-5-13(4)18(22(32)33)28-21(31)17(12(2)3)27-20(30)16(9-14-10-23-11-25-14)26-19(29)15-7-6-8-24-15/h10-13,15-18,24H,5-9H2,1-4H3,(H,23,25)(H,26,29)(H,27,30)(H,28,31)(H,32,33). The molecular weight excluding hydrogens is 428 g/mol. The third-order valence-corrected chi connectivity index (χ3v) is 6.01. The van der Waals surface area contributed by atoms with Crippen molar-refractivity contribution >= 4 is 23.7 Å². The van der Waals surface area contributed by atoms with E-state index >= 15 is 0 Å². The minimum Gasteiger partial charge on any atom is -0.480 e. The van der Waals surface area contributed by atoms with Gasteiger partial charge >= 0.3 is 5.97 Å². The highest BCUT2D eigenvalue weighted by molar-refractivity contribution is 5.94. The lowest BCUT2D eigenvalue weighted by atomic mass is 9.97. The zero-order valence-electron chi connectivity index (χ0n) is 19.7. The maximum absolute atomic E-state index is 13.2. The second kappa shape index (κ2) is 12.3. The van der Waals surface area contributed by atoms with E-state index in [1.165, 1.54) is 6.33 Å². The number of nitrogens with one attached hydrogen (secondary N) is 5. The minimum absolute atomic E-state index is 0.168. The molecule has 1 aliphatic rings. The molecule has 33 heavy (non-hydrogen) atoms. The van der Waals surface area contributed by atoms with Crippen LogP contribution in [0, 0.1) is 11.8 Å². The number of carbonyl (C=O) groups excluding carboxylic acids is 3. The summed E-state index contributed by atoms with van der Waals surface area (Å²) in [6.07, 6.45) is 5.36. The lowest BCUT2D eigenvalue weighted by Crippen LogP contribution is -2.59. The van der Waals surface area contributed by atoms with Gasteiger partial charge in [0.1, 0.15) is 18.1 Å². The van der Waals surface area contributed by atoms with Gasteiger partial charge in [0.15, 0.2) is 0 Å². The Morgan fingerprint density at radius 1 is 1.12 bits per heavy atom. The van der Waals surface area contributed by atoms with Crippen LogP contribution in [0.4, 0.5) is 0 Å². The van der Waals surface area contributed by atoms with Gasteiger partial charge in [-0.15, -0.1) is 0 Å². The van der Waals surface area contributed by atoms with Gasteiger partial charge in [-0.1, -0.05) is 34.1 Å². The highest BCUT2D eigenvalue weighted by atomic mass is 16.4. The Hall–Kier alpha value is -2.95. The van der Waals surface area contributed by atoms with Gasteiger partial charge in [-0.25, -0.2) is 9.78 Å². The van der Waals surface area contributed by atoms with Crippen LogP contribution in [-0.4, -0.2) is 69.5 Å². The van der Waals surface area contributed by atoms with Crippen molar-refractivity contribution in [3.05, 3.63) is 18.2 Å². The average Bonchev–Trinajstić information content (AvgIpc) is 3.48. The van der Waals surface area contributed by atoms with Gasteiger partial charge in [0.25, 0.3) is 0 Å². The van der Waals surface area contributed by atoms with Gasteiger partial charge in [-0.2, -0.15) is 0 Å². The van der Waals surface area contributed by atoms with E-state index in [0.717, 1.165) is 13.0 Å². The molecule has 5 atom stereocenters. The van der Waals surface area contributed by atoms with E-state index < -0.39 is 35.9 Å². The predicted octanol–water partition coefficient (Wildman–Crippen LogP) is -0.0547. The third kappa shape index (κ3) is 7.55. The lowest BCUT2D eigenvalue weighted by molar-refractivity contribution is -0.144. The number of aliphatic carboxylic acids is 1. The van der Waals surface area contributed by atoms with E-state index in [9.17, 15) is 24.3 Å². The lowest BCUT2D eigenvalue weighted by Gasteiger charge is -2.28. The number of carboxylic acid groups (broad SMARTS) is 1. The van der Waals surface area contributed by atoms with Crippen molar-refractivity contribution in [2.24, 2.45) is 11.8 Å². The van der Waals surface area contributed by atoms with Gasteiger partial charge in [0, 0.05) is 18.3 Å². The number of H-pyrrole nitrogens is 1. The van der Waals surface area contributed by atoms with Crippen LogP contribution in [-0.2, 0) is 25.6 Å². The molecule has 2 heterocycles. The number of rotatable bonds is 12. The fourth-order valence-electron chi connectivity index (χ4n) is 3.72. The molecule has 1 aromatic heterocycles. The average molecular weight is 465 g/mol. The van der Waals surface area contributed by atoms with E-state index in [4.69, 9.17) is 0 Å². The summed E-state index contributed by atoms with van der Waals surface area (Å²) < 4.78 is 0. The molecule has 1 aromatic rings. The molecule has 0 aliphatic carbocycles. The molecular formula is C22H36N6O5. The number of nitrogens with zero attached hydrogens (tertiary/aromatic N) is 1. The highest BCUT2D eigenvalue weighted by Crippen LogP contribution is 2.11. The second-order valence-corrected chi connectivity index (χ2v) is 8.93. The van der Waals surface area contributed by atoms with Crippen molar-refractivity contribution in [2.45, 2.75) is 77.5 Å². The molecule has 0 spiro atoms. The third-order valence-electron chi connectivity index (χ3n) is 6.01. The second-order valence-electron chi connectivity index (χ2n) is 8.93. The number of hydrogen-bond donors (Lipinski definition) is 6. The van der Waals surface area contributed by atoms with Crippen molar-refractivity contribution in [1.82, 2.24) is 31.2 Å². The van der Waals surface area contributed by atoms with Crippen molar-refractivity contribution in [1.29, 1.82) is 0 Å². The molecule has 1 saturated heterocycles. The summed E-state index contributed by atoms with van der Waals surface area (Å²) in [6, 6.07) is -3.32. The molecule has 5 unspecified atom stereocenters. The largest absolute Gasteiger partial charge is 0.480 e. The molecule has 11 heteroatoms. The number of hydrogen-bond acceptors (Lipinski definition) is 6. The quantitative estimate of drug-likeness (QED) is 0.252. The normalized spacial score (nSPS) is 19.4. The Morgan fingerprint density at radius 2 is 1.82 bits per heavy atom. The smallest absolute Gasteiger partial charge is 0.326 e. The summed E-state index contributed by atoms with van der Waals surface area (Å²) in [5, 5.41) is 20.6. The molecule has 1 fully saturated rings. The molecule has 11 nitrogen and oxygen atoms in total. The van der Waals surface area contributed by atoms with Crippen LogP contribution in [0.3, 0.4) is 0 Å². The Kier molecular flexibility index (Phi) is 9.83. The van der Waals surface area contributed by atoms with Crippen LogP contribution in [0.5, 0.6) is 0 Å². The maximum atomic E-state index is 13.2. The number of carboxylic acids is 1. The molecule has 0 radical (unpaired) electrons. The highest BCUT2D eigenvalue weighted by Gasteiger charge is 2.34. The summed E-state index contributed by atoms with van der Waals surface area (Å²) in [5.41, 5.74) is 0.656. The van der Waals surface area contributed by atoms with E-state index in [1.54, 1.807) is 27.0 Å². The number of amides is 3. The van der Waals surface area contributed by atoms with Crippen molar-refractivity contribution in [3.63, 3.8) is 0 Å². The van der Waals surface area contributed by atoms with E-state index in [2.05, 4.69) is 31.2 Å². The van der Waals surface area contributed by atoms with Gasteiger partial charge in [-0.05, 0) is 31.2 Å². The molecule has 0 saturated carbocycles. The molecule has 184 valence electrons. The summed E-state index contributed by atoms with van der Waals surface area (Å²) >= 11 is 0. The van der Waals surface area contributed by atoms with Crippen molar-refractivity contribution < 1.29 is 24.3 Å². The molecule has 2 rings (SSSR count). The number of aromatic nitrogens is 2. The van der Waals surface area contributed by atoms with E-state index in [1.807, 2.05) is 6.92 Å². The number of imidazole rings is 1. The van der Waals surface area contributed by atoms with Crippen LogP contribution in [0.15, 0.2) is 12.5 Å². The predicted molar refractivity (Wildman–Crippen MR) is 121 cm³/mol. The molecule has 0 bridgehead atoms. The Balaban J connectivity index is 2.13. The fraction of sp³-hybridized carbons (Fsp3) is 0.682. The molecule has 0 aromatic carbocycles.